The molecule has 0 bridgehead atoms. The van der Waals surface area contributed by atoms with E-state index in [0.29, 0.717) is 0 Å². The van der Waals surface area contributed by atoms with E-state index in [0.717, 1.165) is 0 Å². The summed E-state index contributed by atoms with van der Waals surface area (Å²) in [4.78, 5) is 9.77. The van der Waals surface area contributed by atoms with Gasteiger partial charge in [-0.05, 0) is 0 Å². The summed E-state index contributed by atoms with van der Waals surface area (Å²) < 4.78 is 33.6. The molecular weight excluding hydrogens is 135 g/mol. The topological polar surface area (TPSA) is 43.1 Å². The summed E-state index contributed by atoms with van der Waals surface area (Å²) in [6.07, 6.45) is -6.01. The third kappa shape index (κ3) is 7.26. The number of carbonyl (C=O) groups excluding carboxylic acids is 1. The largest absolute Gasteiger partial charge is 0.389 e. The van der Waals surface area contributed by atoms with Crippen molar-refractivity contribution >= 4 is 5.91 Å². The van der Waals surface area contributed by atoms with E-state index < -0.39 is 24.9 Å². The number of carbonyl (C=O) groups is 1. The highest BCUT2D eigenvalue weighted by molar-refractivity contribution is 5.73. The minimum absolute atomic E-state index is 0.622. The van der Waals surface area contributed by atoms with Crippen molar-refractivity contribution in [1.29, 1.82) is 0 Å². The van der Waals surface area contributed by atoms with Crippen molar-refractivity contribution in [2.24, 2.45) is 5.73 Å². The number of halogens is 3. The van der Waals surface area contributed by atoms with E-state index in [1.165, 1.54) is 0 Å². The Hall–Kier alpha value is -0.740. The second-order valence-electron chi connectivity index (χ2n) is 1.58. The van der Waals surface area contributed by atoms with Gasteiger partial charge in [0.2, 0.25) is 5.91 Å². The van der Waals surface area contributed by atoms with E-state index in [1.54, 1.807) is 0 Å². The maximum atomic E-state index is 11.2. The van der Waals surface area contributed by atoms with Crippen LogP contribution in [0.4, 0.5) is 13.2 Å². The standard InChI is InChI=1S/C4H6F3NO/c5-4(6,7)2-1-3(8)9/h1-2H2,(H2,8,9). The molecule has 2 nitrogen and oxygen atoms in total. The fraction of sp³-hybridized carbons (Fsp3) is 0.750. The molecular formula is C4H6F3NO. The SMILES string of the molecule is NC(=O)CCC(F)(F)F. The number of hydrogen-bond donors (Lipinski definition) is 1. The van der Waals surface area contributed by atoms with Crippen LogP contribution in [-0.4, -0.2) is 12.1 Å². The maximum Gasteiger partial charge on any atom is 0.389 e. The zero-order valence-electron chi connectivity index (χ0n) is 4.53. The lowest BCUT2D eigenvalue weighted by Gasteiger charge is -2.01. The van der Waals surface area contributed by atoms with Gasteiger partial charge < -0.3 is 5.73 Å². The van der Waals surface area contributed by atoms with Crippen LogP contribution in [0.1, 0.15) is 12.8 Å². The highest BCUT2D eigenvalue weighted by Gasteiger charge is 2.27. The van der Waals surface area contributed by atoms with Gasteiger partial charge >= 0.3 is 6.18 Å². The van der Waals surface area contributed by atoms with E-state index in [4.69, 9.17) is 0 Å². The number of primary amides is 1. The van der Waals surface area contributed by atoms with Crippen molar-refractivity contribution in [3.8, 4) is 0 Å². The molecule has 0 aliphatic heterocycles. The summed E-state index contributed by atoms with van der Waals surface area (Å²) in [7, 11) is 0. The van der Waals surface area contributed by atoms with Gasteiger partial charge in [0.1, 0.15) is 0 Å². The molecule has 0 radical (unpaired) electrons. The van der Waals surface area contributed by atoms with E-state index in [-0.39, 0.29) is 0 Å². The molecule has 0 fully saturated rings. The Balaban J connectivity index is 3.39. The Morgan fingerprint density at radius 3 is 2.00 bits per heavy atom. The predicted molar refractivity (Wildman–Crippen MR) is 24.5 cm³/mol. The molecule has 54 valence electrons. The molecule has 0 atom stereocenters. The number of alkyl halides is 3. The van der Waals surface area contributed by atoms with Gasteiger partial charge in [-0.3, -0.25) is 4.79 Å². The monoisotopic (exact) mass is 141 g/mol. The molecule has 5 heteroatoms. The molecule has 0 saturated heterocycles. The van der Waals surface area contributed by atoms with Gasteiger partial charge in [0.05, 0.1) is 6.42 Å². The molecule has 0 unspecified atom stereocenters. The number of amides is 1. The molecule has 1 amide bonds. The third-order valence-electron chi connectivity index (χ3n) is 0.655. The van der Waals surface area contributed by atoms with Gasteiger partial charge in [-0.1, -0.05) is 0 Å². The van der Waals surface area contributed by atoms with Crippen LogP contribution in [0.5, 0.6) is 0 Å². The van der Waals surface area contributed by atoms with Crippen molar-refractivity contribution in [3.05, 3.63) is 0 Å². The van der Waals surface area contributed by atoms with Crippen molar-refractivity contribution in [2.75, 3.05) is 0 Å². The first-order valence-corrected chi connectivity index (χ1v) is 2.27. The second kappa shape index (κ2) is 2.70. The summed E-state index contributed by atoms with van der Waals surface area (Å²) in [5, 5.41) is 0. The fourth-order valence-corrected chi connectivity index (χ4v) is 0.265. The summed E-state index contributed by atoms with van der Waals surface area (Å²) in [6.45, 7) is 0. The lowest BCUT2D eigenvalue weighted by molar-refractivity contribution is -0.142. The summed E-state index contributed by atoms with van der Waals surface area (Å²) in [5.41, 5.74) is 4.46. The molecule has 0 aromatic heterocycles. The Morgan fingerprint density at radius 2 is 1.89 bits per heavy atom. The predicted octanol–water partition coefficient (Wildman–Crippen LogP) is 0.814. The molecule has 9 heavy (non-hydrogen) atoms. The summed E-state index contributed by atoms with van der Waals surface area (Å²) in [6, 6.07) is 0. The van der Waals surface area contributed by atoms with Crippen molar-refractivity contribution < 1.29 is 18.0 Å². The van der Waals surface area contributed by atoms with Gasteiger partial charge in [-0.2, -0.15) is 13.2 Å². The van der Waals surface area contributed by atoms with Crippen LogP contribution in [0.25, 0.3) is 0 Å². The zero-order valence-corrected chi connectivity index (χ0v) is 4.53. The molecule has 0 aromatic carbocycles. The molecule has 0 rings (SSSR count). The highest BCUT2D eigenvalue weighted by Crippen LogP contribution is 2.20. The van der Waals surface area contributed by atoms with E-state index >= 15 is 0 Å². The van der Waals surface area contributed by atoms with E-state index in [1.807, 2.05) is 0 Å². The van der Waals surface area contributed by atoms with Crippen LogP contribution in [0.2, 0.25) is 0 Å². The third-order valence-corrected chi connectivity index (χ3v) is 0.655. The number of hydrogen-bond acceptors (Lipinski definition) is 1. The average Bonchev–Trinajstić information content (AvgIpc) is 1.59. The van der Waals surface area contributed by atoms with Crippen LogP contribution >= 0.6 is 0 Å². The summed E-state index contributed by atoms with van der Waals surface area (Å²) >= 11 is 0. The first-order valence-electron chi connectivity index (χ1n) is 2.27. The number of nitrogens with two attached hydrogens (primary N) is 1. The van der Waals surface area contributed by atoms with E-state index in [9.17, 15) is 18.0 Å². The average molecular weight is 141 g/mol. The van der Waals surface area contributed by atoms with Gasteiger partial charge in [0, 0.05) is 6.42 Å². The Morgan fingerprint density at radius 1 is 1.44 bits per heavy atom. The first-order chi connectivity index (χ1) is 3.92. The lowest BCUT2D eigenvalue weighted by Crippen LogP contribution is -2.16. The van der Waals surface area contributed by atoms with Crippen LogP contribution in [0, 0.1) is 0 Å². The quantitative estimate of drug-likeness (QED) is 0.607. The zero-order chi connectivity index (χ0) is 7.49. The molecule has 0 spiro atoms. The minimum Gasteiger partial charge on any atom is -0.370 e. The van der Waals surface area contributed by atoms with Crippen molar-refractivity contribution in [2.45, 2.75) is 19.0 Å². The minimum atomic E-state index is -4.27. The highest BCUT2D eigenvalue weighted by atomic mass is 19.4. The Kier molecular flexibility index (Phi) is 2.48. The molecule has 0 aliphatic carbocycles. The molecule has 2 N–H and O–H groups in total. The van der Waals surface area contributed by atoms with Gasteiger partial charge in [0.15, 0.2) is 0 Å². The summed E-state index contributed by atoms with van der Waals surface area (Å²) in [5.74, 6) is -0.924. The van der Waals surface area contributed by atoms with Crippen molar-refractivity contribution in [1.82, 2.24) is 0 Å². The van der Waals surface area contributed by atoms with Gasteiger partial charge in [-0.25, -0.2) is 0 Å². The van der Waals surface area contributed by atoms with Gasteiger partial charge in [0.25, 0.3) is 0 Å². The van der Waals surface area contributed by atoms with E-state index in [2.05, 4.69) is 5.73 Å². The smallest absolute Gasteiger partial charge is 0.370 e. The maximum absolute atomic E-state index is 11.2. The van der Waals surface area contributed by atoms with Crippen LogP contribution < -0.4 is 5.73 Å². The molecule has 0 aliphatic rings. The van der Waals surface area contributed by atoms with Crippen molar-refractivity contribution in [3.63, 3.8) is 0 Å². The van der Waals surface area contributed by atoms with Gasteiger partial charge in [-0.15, -0.1) is 0 Å². The molecule has 0 aromatic rings. The van der Waals surface area contributed by atoms with Crippen LogP contribution in [0.3, 0.4) is 0 Å². The lowest BCUT2D eigenvalue weighted by atomic mass is 10.3. The first kappa shape index (κ1) is 8.26. The fourth-order valence-electron chi connectivity index (χ4n) is 0.265. The Labute approximate surface area is 49.8 Å². The second-order valence-corrected chi connectivity index (χ2v) is 1.58. The Bertz CT molecular complexity index is 109. The number of rotatable bonds is 2. The normalized spacial score (nSPS) is 11.4. The van der Waals surface area contributed by atoms with Crippen LogP contribution in [-0.2, 0) is 4.79 Å². The molecule has 0 heterocycles. The van der Waals surface area contributed by atoms with Crippen LogP contribution in [0.15, 0.2) is 0 Å². The molecule has 0 saturated carbocycles.